The number of nitrogens with one attached hydrogen (secondary N) is 1. The maximum atomic E-state index is 3.73. The summed E-state index contributed by atoms with van der Waals surface area (Å²) in [6, 6.07) is 7.25. The molecule has 0 heterocycles. The molecule has 2 unspecified atom stereocenters. The summed E-state index contributed by atoms with van der Waals surface area (Å²) in [6.45, 7) is 4.46. The first kappa shape index (κ1) is 14.9. The SMILES string of the molecule is CCCC1CCCC(Nc2ccc(Br)c(C)c2)CC1. The minimum Gasteiger partial charge on any atom is -0.382 e. The first-order chi connectivity index (χ1) is 9.19. The van der Waals surface area contributed by atoms with Crippen molar-refractivity contribution in [2.75, 3.05) is 5.32 Å². The molecule has 19 heavy (non-hydrogen) atoms. The lowest BCUT2D eigenvalue weighted by Gasteiger charge is -2.18. The zero-order valence-electron chi connectivity index (χ0n) is 12.2. The van der Waals surface area contributed by atoms with E-state index in [1.165, 1.54) is 60.7 Å². The van der Waals surface area contributed by atoms with Gasteiger partial charge in [-0.25, -0.2) is 0 Å². The van der Waals surface area contributed by atoms with Crippen LogP contribution in [0.15, 0.2) is 22.7 Å². The van der Waals surface area contributed by atoms with Crippen LogP contribution in [0, 0.1) is 12.8 Å². The molecule has 1 aliphatic rings. The van der Waals surface area contributed by atoms with Crippen molar-refractivity contribution >= 4 is 21.6 Å². The van der Waals surface area contributed by atoms with E-state index in [4.69, 9.17) is 0 Å². The average molecular weight is 324 g/mol. The molecule has 2 heteroatoms. The van der Waals surface area contributed by atoms with Crippen LogP contribution in [0.4, 0.5) is 5.69 Å². The van der Waals surface area contributed by atoms with Gasteiger partial charge in [0.1, 0.15) is 0 Å². The molecule has 2 atom stereocenters. The Morgan fingerprint density at radius 2 is 2.05 bits per heavy atom. The van der Waals surface area contributed by atoms with Crippen LogP contribution in [0.1, 0.15) is 57.4 Å². The van der Waals surface area contributed by atoms with Gasteiger partial charge < -0.3 is 5.32 Å². The van der Waals surface area contributed by atoms with Gasteiger partial charge in [-0.05, 0) is 55.9 Å². The number of anilines is 1. The van der Waals surface area contributed by atoms with Gasteiger partial charge in [-0.1, -0.05) is 48.5 Å². The third-order valence-corrected chi connectivity index (χ3v) is 5.20. The third-order valence-electron chi connectivity index (χ3n) is 4.31. The highest BCUT2D eigenvalue weighted by atomic mass is 79.9. The van der Waals surface area contributed by atoms with Crippen LogP contribution in [0.3, 0.4) is 0 Å². The second-order valence-corrected chi connectivity index (χ2v) is 6.82. The Hall–Kier alpha value is -0.500. The van der Waals surface area contributed by atoms with E-state index in [1.807, 2.05) is 0 Å². The summed E-state index contributed by atoms with van der Waals surface area (Å²) in [5.74, 6) is 0.975. The first-order valence-corrected chi connectivity index (χ1v) is 8.51. The van der Waals surface area contributed by atoms with Crippen LogP contribution in [0.25, 0.3) is 0 Å². The van der Waals surface area contributed by atoms with E-state index in [-0.39, 0.29) is 0 Å². The highest BCUT2D eigenvalue weighted by Gasteiger charge is 2.18. The highest BCUT2D eigenvalue weighted by Crippen LogP contribution is 2.29. The van der Waals surface area contributed by atoms with Gasteiger partial charge in [-0.3, -0.25) is 0 Å². The molecule has 1 aromatic rings. The predicted molar refractivity (Wildman–Crippen MR) is 87.8 cm³/mol. The maximum Gasteiger partial charge on any atom is 0.0345 e. The van der Waals surface area contributed by atoms with Gasteiger partial charge >= 0.3 is 0 Å². The molecular formula is C17H26BrN. The summed E-state index contributed by atoms with van der Waals surface area (Å²) in [7, 11) is 0. The predicted octanol–water partition coefficient (Wildman–Crippen LogP) is 5.92. The fourth-order valence-corrected chi connectivity index (χ4v) is 3.44. The number of rotatable bonds is 4. The Morgan fingerprint density at radius 3 is 2.79 bits per heavy atom. The summed E-state index contributed by atoms with van der Waals surface area (Å²) in [4.78, 5) is 0. The Labute approximate surface area is 126 Å². The Kier molecular flexibility index (Phi) is 5.75. The second-order valence-electron chi connectivity index (χ2n) is 5.97. The smallest absolute Gasteiger partial charge is 0.0345 e. The van der Waals surface area contributed by atoms with Gasteiger partial charge in [0, 0.05) is 16.2 Å². The molecule has 0 radical (unpaired) electrons. The van der Waals surface area contributed by atoms with Crippen molar-refractivity contribution in [3.8, 4) is 0 Å². The van der Waals surface area contributed by atoms with Gasteiger partial charge in [0.05, 0.1) is 0 Å². The minimum absolute atomic E-state index is 0.669. The molecule has 1 N–H and O–H groups in total. The van der Waals surface area contributed by atoms with Crippen molar-refractivity contribution in [1.29, 1.82) is 0 Å². The second kappa shape index (κ2) is 7.33. The third kappa shape index (κ3) is 4.52. The molecule has 0 bridgehead atoms. The van der Waals surface area contributed by atoms with Crippen molar-refractivity contribution in [3.63, 3.8) is 0 Å². The summed E-state index contributed by atoms with van der Waals surface area (Å²) in [5, 5.41) is 3.73. The maximum absolute atomic E-state index is 3.73. The molecule has 106 valence electrons. The van der Waals surface area contributed by atoms with Crippen LogP contribution >= 0.6 is 15.9 Å². The van der Waals surface area contributed by atoms with Crippen molar-refractivity contribution in [1.82, 2.24) is 0 Å². The van der Waals surface area contributed by atoms with E-state index in [0.29, 0.717) is 6.04 Å². The Morgan fingerprint density at radius 1 is 1.21 bits per heavy atom. The van der Waals surface area contributed by atoms with Gasteiger partial charge in [0.15, 0.2) is 0 Å². The molecule has 0 aromatic heterocycles. The number of halogens is 1. The van der Waals surface area contributed by atoms with Gasteiger partial charge in [0.25, 0.3) is 0 Å². The summed E-state index contributed by atoms with van der Waals surface area (Å²) >= 11 is 3.56. The van der Waals surface area contributed by atoms with E-state index in [1.54, 1.807) is 0 Å². The summed E-state index contributed by atoms with van der Waals surface area (Å²) in [6.07, 6.45) is 9.65. The van der Waals surface area contributed by atoms with E-state index in [0.717, 1.165) is 5.92 Å². The van der Waals surface area contributed by atoms with Gasteiger partial charge in [0.2, 0.25) is 0 Å². The fourth-order valence-electron chi connectivity index (χ4n) is 3.19. The van der Waals surface area contributed by atoms with E-state index >= 15 is 0 Å². The molecule has 1 aromatic carbocycles. The molecule has 0 saturated heterocycles. The zero-order valence-corrected chi connectivity index (χ0v) is 13.8. The van der Waals surface area contributed by atoms with Crippen LogP contribution in [0.2, 0.25) is 0 Å². The molecule has 0 amide bonds. The fraction of sp³-hybridized carbons (Fsp3) is 0.647. The Bertz CT molecular complexity index is 402. The number of hydrogen-bond acceptors (Lipinski definition) is 1. The number of benzene rings is 1. The Balaban J connectivity index is 1.90. The van der Waals surface area contributed by atoms with E-state index in [2.05, 4.69) is 53.3 Å². The van der Waals surface area contributed by atoms with Gasteiger partial charge in [-0.2, -0.15) is 0 Å². The van der Waals surface area contributed by atoms with Crippen molar-refractivity contribution in [2.45, 2.75) is 64.8 Å². The molecule has 0 aliphatic heterocycles. The van der Waals surface area contributed by atoms with Crippen LogP contribution in [-0.2, 0) is 0 Å². The van der Waals surface area contributed by atoms with Crippen LogP contribution < -0.4 is 5.32 Å². The largest absolute Gasteiger partial charge is 0.382 e. The normalized spacial score (nSPS) is 23.9. The van der Waals surface area contributed by atoms with Crippen molar-refractivity contribution in [2.24, 2.45) is 5.92 Å². The quantitative estimate of drug-likeness (QED) is 0.678. The van der Waals surface area contributed by atoms with E-state index in [9.17, 15) is 0 Å². The lowest BCUT2D eigenvalue weighted by Crippen LogP contribution is -2.18. The van der Waals surface area contributed by atoms with Gasteiger partial charge in [-0.15, -0.1) is 0 Å². The minimum atomic E-state index is 0.669. The molecule has 1 saturated carbocycles. The van der Waals surface area contributed by atoms with Crippen LogP contribution in [0.5, 0.6) is 0 Å². The topological polar surface area (TPSA) is 12.0 Å². The molecule has 1 aliphatic carbocycles. The summed E-state index contributed by atoms with van der Waals surface area (Å²) < 4.78 is 1.20. The van der Waals surface area contributed by atoms with Crippen LogP contribution in [-0.4, -0.2) is 6.04 Å². The lowest BCUT2D eigenvalue weighted by molar-refractivity contribution is 0.422. The van der Waals surface area contributed by atoms with Crippen molar-refractivity contribution < 1.29 is 0 Å². The molecule has 1 nitrogen and oxygen atoms in total. The average Bonchev–Trinajstić information content (AvgIpc) is 2.60. The monoisotopic (exact) mass is 323 g/mol. The van der Waals surface area contributed by atoms with E-state index < -0.39 is 0 Å². The standard InChI is InChI=1S/C17H26BrN/c1-3-5-14-6-4-7-15(9-8-14)19-16-10-11-17(18)13(2)12-16/h10-12,14-15,19H,3-9H2,1-2H3. The molecule has 2 rings (SSSR count). The van der Waals surface area contributed by atoms with Crippen molar-refractivity contribution in [3.05, 3.63) is 28.2 Å². The molecule has 1 fully saturated rings. The zero-order chi connectivity index (χ0) is 13.7. The number of aryl methyl sites for hydroxylation is 1. The summed E-state index contributed by atoms with van der Waals surface area (Å²) in [5.41, 5.74) is 2.59. The molecular weight excluding hydrogens is 298 g/mol. The number of hydrogen-bond donors (Lipinski definition) is 1. The molecule has 0 spiro atoms. The lowest BCUT2D eigenvalue weighted by atomic mass is 9.95. The highest BCUT2D eigenvalue weighted by molar-refractivity contribution is 9.10. The first-order valence-electron chi connectivity index (χ1n) is 7.71.